The summed E-state index contributed by atoms with van der Waals surface area (Å²) < 4.78 is 26.7. The van der Waals surface area contributed by atoms with Gasteiger partial charge in [-0.25, -0.2) is 8.42 Å². The quantitative estimate of drug-likeness (QED) is 0.662. The van der Waals surface area contributed by atoms with Gasteiger partial charge in [-0.05, 0) is 11.8 Å². The lowest BCUT2D eigenvalue weighted by atomic mass is 11.6. The van der Waals surface area contributed by atoms with Crippen LogP contribution in [0.4, 0.5) is 0 Å². The molecular formula is C3H10NO4PS2. The van der Waals surface area contributed by atoms with Gasteiger partial charge in [0.05, 0.1) is 6.26 Å². The molecular weight excluding hydrogens is 209 g/mol. The Morgan fingerprint density at radius 3 is 2.09 bits per heavy atom. The Morgan fingerprint density at radius 2 is 2.00 bits per heavy atom. The first-order chi connectivity index (χ1) is 4.72. The molecule has 1 unspecified atom stereocenters. The molecule has 0 amide bonds. The molecule has 0 fully saturated rings. The van der Waals surface area contributed by atoms with E-state index in [1.54, 1.807) is 0 Å². The fourth-order valence-electron chi connectivity index (χ4n) is 0.302. The zero-order chi connectivity index (χ0) is 9.28. The Hall–Kier alpha value is 0.480. The van der Waals surface area contributed by atoms with Gasteiger partial charge in [0.25, 0.3) is 6.64 Å². The summed E-state index contributed by atoms with van der Waals surface area (Å²) in [5.74, 6) is 0. The number of rotatable bonds is 3. The van der Waals surface area contributed by atoms with Crippen LogP contribution >= 0.6 is 6.64 Å². The summed E-state index contributed by atoms with van der Waals surface area (Å²) >= 11 is 4.51. The zero-order valence-corrected chi connectivity index (χ0v) is 8.91. The van der Waals surface area contributed by atoms with E-state index in [1.807, 2.05) is 0 Å². The minimum Gasteiger partial charge on any atom is -0.333 e. The maximum atomic E-state index is 10.8. The SMILES string of the molecule is COP(O)(=S)N(C)S(C)(=O)=O. The van der Waals surface area contributed by atoms with E-state index in [-0.39, 0.29) is 0 Å². The van der Waals surface area contributed by atoms with Crippen LogP contribution in [0.1, 0.15) is 0 Å². The summed E-state index contributed by atoms with van der Waals surface area (Å²) in [5.41, 5.74) is 0. The zero-order valence-electron chi connectivity index (χ0n) is 6.38. The highest BCUT2D eigenvalue weighted by Crippen LogP contribution is 2.45. The van der Waals surface area contributed by atoms with Crippen molar-refractivity contribution in [2.24, 2.45) is 0 Å². The Labute approximate surface area is 71.2 Å². The van der Waals surface area contributed by atoms with Crippen molar-refractivity contribution in [1.82, 2.24) is 4.08 Å². The van der Waals surface area contributed by atoms with Gasteiger partial charge in [0.15, 0.2) is 0 Å². The fraction of sp³-hybridized carbons (Fsp3) is 1.00. The molecule has 0 bridgehead atoms. The molecule has 5 nitrogen and oxygen atoms in total. The average molecular weight is 219 g/mol. The molecule has 0 rings (SSSR count). The number of nitrogens with zero attached hydrogens (tertiary/aromatic N) is 1. The van der Waals surface area contributed by atoms with E-state index < -0.39 is 16.7 Å². The van der Waals surface area contributed by atoms with Crippen molar-refractivity contribution >= 4 is 28.5 Å². The first-order valence-corrected chi connectivity index (χ1v) is 7.02. The predicted octanol–water partition coefficient (Wildman–Crippen LogP) is -0.259. The van der Waals surface area contributed by atoms with Gasteiger partial charge in [0, 0.05) is 14.2 Å². The molecule has 0 aliphatic rings. The standard InChI is InChI=1S/C3H10NO4PS2/c1-4(11(3,6)7)9(5,10)8-2/h1-3H3,(H,5,10). The number of hydrogen-bond donors (Lipinski definition) is 1. The lowest BCUT2D eigenvalue weighted by Gasteiger charge is -2.21. The van der Waals surface area contributed by atoms with Gasteiger partial charge in [-0.1, -0.05) is 0 Å². The second-order valence-electron chi connectivity index (χ2n) is 1.87. The Balaban J connectivity index is 4.79. The van der Waals surface area contributed by atoms with Gasteiger partial charge in [-0.15, -0.1) is 4.08 Å². The first-order valence-electron chi connectivity index (χ1n) is 2.54. The summed E-state index contributed by atoms with van der Waals surface area (Å²) in [6, 6.07) is 0. The van der Waals surface area contributed by atoms with Gasteiger partial charge in [0.2, 0.25) is 10.0 Å². The molecule has 8 heteroatoms. The predicted molar refractivity (Wildman–Crippen MR) is 46.1 cm³/mol. The third-order valence-electron chi connectivity index (χ3n) is 1.07. The maximum absolute atomic E-state index is 10.8. The molecule has 0 radical (unpaired) electrons. The molecule has 0 aromatic rings. The van der Waals surface area contributed by atoms with E-state index in [0.717, 1.165) is 6.26 Å². The van der Waals surface area contributed by atoms with Crippen molar-refractivity contribution in [2.45, 2.75) is 0 Å². The molecule has 0 aliphatic carbocycles. The van der Waals surface area contributed by atoms with E-state index in [1.165, 1.54) is 14.2 Å². The number of sulfonamides is 1. The van der Waals surface area contributed by atoms with Gasteiger partial charge < -0.3 is 9.42 Å². The third-order valence-corrected chi connectivity index (χ3v) is 6.27. The summed E-state index contributed by atoms with van der Waals surface area (Å²) in [4.78, 5) is 9.18. The van der Waals surface area contributed by atoms with Crippen molar-refractivity contribution in [2.75, 3.05) is 20.4 Å². The van der Waals surface area contributed by atoms with Crippen LogP contribution in [0.25, 0.3) is 0 Å². The highest BCUT2D eigenvalue weighted by molar-refractivity contribution is 8.13. The molecule has 68 valence electrons. The van der Waals surface area contributed by atoms with Crippen LogP contribution in [0.2, 0.25) is 0 Å². The molecule has 0 saturated carbocycles. The van der Waals surface area contributed by atoms with Gasteiger partial charge in [-0.2, -0.15) is 0 Å². The molecule has 1 N–H and O–H groups in total. The molecule has 1 atom stereocenters. The van der Waals surface area contributed by atoms with Crippen molar-refractivity contribution in [3.8, 4) is 0 Å². The van der Waals surface area contributed by atoms with Crippen LogP contribution in [0.5, 0.6) is 0 Å². The molecule has 0 aromatic heterocycles. The lowest BCUT2D eigenvalue weighted by molar-refractivity contribution is 0.354. The van der Waals surface area contributed by atoms with Crippen molar-refractivity contribution in [3.05, 3.63) is 0 Å². The van der Waals surface area contributed by atoms with E-state index in [9.17, 15) is 13.3 Å². The second kappa shape index (κ2) is 3.47. The molecule has 0 aromatic carbocycles. The van der Waals surface area contributed by atoms with Crippen LogP contribution < -0.4 is 0 Å². The fourth-order valence-corrected chi connectivity index (χ4v) is 3.32. The smallest absolute Gasteiger partial charge is 0.274 e. The minimum atomic E-state index is -3.47. The molecule has 0 saturated heterocycles. The third kappa shape index (κ3) is 3.14. The van der Waals surface area contributed by atoms with Crippen LogP contribution in [0.3, 0.4) is 0 Å². The minimum absolute atomic E-state index is 0.662. The van der Waals surface area contributed by atoms with Crippen molar-refractivity contribution in [1.29, 1.82) is 0 Å². The largest absolute Gasteiger partial charge is 0.333 e. The molecule has 0 heterocycles. The summed E-state index contributed by atoms with van der Waals surface area (Å²) in [7, 11) is -1.12. The van der Waals surface area contributed by atoms with Crippen LogP contribution in [0.15, 0.2) is 0 Å². The topological polar surface area (TPSA) is 66.8 Å². The van der Waals surface area contributed by atoms with Crippen LogP contribution in [-0.2, 0) is 26.4 Å². The first kappa shape index (κ1) is 11.5. The van der Waals surface area contributed by atoms with Crippen LogP contribution in [-0.4, -0.2) is 37.8 Å². The Bertz CT molecular complexity index is 273. The summed E-state index contributed by atoms with van der Waals surface area (Å²) in [5, 5.41) is 0. The van der Waals surface area contributed by atoms with Crippen molar-refractivity contribution in [3.63, 3.8) is 0 Å². The highest BCUT2D eigenvalue weighted by Gasteiger charge is 2.26. The van der Waals surface area contributed by atoms with Gasteiger partial charge >= 0.3 is 0 Å². The van der Waals surface area contributed by atoms with Gasteiger partial charge in [0.1, 0.15) is 0 Å². The summed E-state index contributed by atoms with van der Waals surface area (Å²) in [6.45, 7) is -3.31. The van der Waals surface area contributed by atoms with E-state index in [0.29, 0.717) is 4.08 Å². The van der Waals surface area contributed by atoms with E-state index in [2.05, 4.69) is 16.3 Å². The Morgan fingerprint density at radius 1 is 1.64 bits per heavy atom. The van der Waals surface area contributed by atoms with E-state index in [4.69, 9.17) is 0 Å². The Kier molecular flexibility index (Phi) is 3.62. The molecule has 0 aliphatic heterocycles. The van der Waals surface area contributed by atoms with Crippen molar-refractivity contribution < 1.29 is 17.8 Å². The normalized spacial score (nSPS) is 18.3. The second-order valence-corrected chi connectivity index (χ2v) is 7.53. The van der Waals surface area contributed by atoms with E-state index >= 15 is 0 Å². The highest BCUT2D eigenvalue weighted by atomic mass is 32.5. The van der Waals surface area contributed by atoms with Crippen LogP contribution in [0, 0.1) is 0 Å². The van der Waals surface area contributed by atoms with Gasteiger partial charge in [-0.3, -0.25) is 0 Å². The molecule has 11 heavy (non-hydrogen) atoms. The lowest BCUT2D eigenvalue weighted by Crippen LogP contribution is -2.22. The monoisotopic (exact) mass is 219 g/mol. The summed E-state index contributed by atoms with van der Waals surface area (Å²) in [6.07, 6.45) is 0.948. The molecule has 0 spiro atoms. The maximum Gasteiger partial charge on any atom is 0.274 e. The average Bonchev–Trinajstić information content (AvgIpc) is 1.84. The number of hydrogen-bond acceptors (Lipinski definition) is 4.